The van der Waals surface area contributed by atoms with Crippen molar-refractivity contribution in [2.75, 3.05) is 6.54 Å². The van der Waals surface area contributed by atoms with Gasteiger partial charge in [-0.15, -0.1) is 0 Å². The lowest BCUT2D eigenvalue weighted by atomic mass is 9.94. The van der Waals surface area contributed by atoms with Crippen LogP contribution in [0.4, 0.5) is 8.78 Å². The van der Waals surface area contributed by atoms with Crippen LogP contribution in [0.25, 0.3) is 11.0 Å². The number of halogens is 2. The summed E-state index contributed by atoms with van der Waals surface area (Å²) in [6.45, 7) is 2.75. The van der Waals surface area contributed by atoms with Gasteiger partial charge in [0.1, 0.15) is 6.54 Å². The molecule has 0 spiro atoms. The number of nitrogens with zero attached hydrogens (tertiary/aromatic N) is 3. The van der Waals surface area contributed by atoms with Crippen LogP contribution in [-0.4, -0.2) is 32.9 Å². The molecule has 3 rings (SSSR count). The van der Waals surface area contributed by atoms with Crippen molar-refractivity contribution in [1.82, 2.24) is 14.5 Å². The van der Waals surface area contributed by atoms with E-state index >= 15 is 0 Å². The highest BCUT2D eigenvalue weighted by atomic mass is 19.2. The van der Waals surface area contributed by atoms with Crippen LogP contribution in [0.5, 0.6) is 0 Å². The second-order valence-corrected chi connectivity index (χ2v) is 6.10. The van der Waals surface area contributed by atoms with Gasteiger partial charge in [0.15, 0.2) is 11.6 Å². The van der Waals surface area contributed by atoms with Gasteiger partial charge in [-0.3, -0.25) is 4.79 Å². The zero-order chi connectivity index (χ0) is 16.4. The molecule has 124 valence electrons. The van der Waals surface area contributed by atoms with Gasteiger partial charge in [0.25, 0.3) is 0 Å². The van der Waals surface area contributed by atoms with Crippen LogP contribution in [0.15, 0.2) is 18.5 Å². The fourth-order valence-electron chi connectivity index (χ4n) is 3.45. The summed E-state index contributed by atoms with van der Waals surface area (Å²) in [5.74, 6) is -1.85. The highest BCUT2D eigenvalue weighted by molar-refractivity contribution is 5.81. The van der Waals surface area contributed by atoms with E-state index in [1.165, 1.54) is 12.7 Å². The van der Waals surface area contributed by atoms with Gasteiger partial charge in [0, 0.05) is 24.7 Å². The molecule has 1 aliphatic rings. The molecule has 1 heterocycles. The fourth-order valence-corrected chi connectivity index (χ4v) is 3.45. The number of hydrogen-bond acceptors (Lipinski definition) is 2. The van der Waals surface area contributed by atoms with E-state index < -0.39 is 11.6 Å². The maximum Gasteiger partial charge on any atom is 0.242 e. The normalized spacial score (nSPS) is 16.0. The highest BCUT2D eigenvalue weighted by Crippen LogP contribution is 2.23. The van der Waals surface area contributed by atoms with Crippen LogP contribution in [0.3, 0.4) is 0 Å². The van der Waals surface area contributed by atoms with Crippen LogP contribution >= 0.6 is 0 Å². The maximum atomic E-state index is 13.4. The first-order chi connectivity index (χ1) is 11.1. The number of carbonyl (C=O) groups excluding carboxylic acids is 1. The zero-order valence-corrected chi connectivity index (χ0v) is 13.3. The molecule has 6 heteroatoms. The van der Waals surface area contributed by atoms with Crippen molar-refractivity contribution >= 4 is 16.9 Å². The summed E-state index contributed by atoms with van der Waals surface area (Å²) in [4.78, 5) is 18.6. The van der Waals surface area contributed by atoms with Crippen molar-refractivity contribution in [1.29, 1.82) is 0 Å². The SMILES string of the molecule is CCN(C(=O)Cn1cnc2cc(F)c(F)cc21)C1CCCCC1. The molecule has 0 saturated heterocycles. The molecule has 0 N–H and O–H groups in total. The minimum atomic E-state index is -0.925. The Morgan fingerprint density at radius 3 is 2.65 bits per heavy atom. The molecule has 1 aliphatic carbocycles. The molecule has 0 bridgehead atoms. The molecule has 1 aromatic heterocycles. The monoisotopic (exact) mass is 321 g/mol. The summed E-state index contributed by atoms with van der Waals surface area (Å²) in [7, 11) is 0. The first-order valence-corrected chi connectivity index (χ1v) is 8.19. The molecule has 1 aromatic carbocycles. The van der Waals surface area contributed by atoms with Crippen LogP contribution in [0.1, 0.15) is 39.0 Å². The minimum Gasteiger partial charge on any atom is -0.338 e. The number of likely N-dealkylation sites (N-methyl/N-ethyl adjacent to an activating group) is 1. The van der Waals surface area contributed by atoms with Crippen molar-refractivity contribution < 1.29 is 13.6 Å². The van der Waals surface area contributed by atoms with Crippen LogP contribution in [-0.2, 0) is 11.3 Å². The first kappa shape index (κ1) is 15.9. The van der Waals surface area contributed by atoms with E-state index in [0.29, 0.717) is 23.6 Å². The molecule has 4 nitrogen and oxygen atoms in total. The predicted octanol–water partition coefficient (Wildman–Crippen LogP) is 3.50. The quantitative estimate of drug-likeness (QED) is 0.864. The fraction of sp³-hybridized carbons (Fsp3) is 0.529. The van der Waals surface area contributed by atoms with Crippen molar-refractivity contribution in [3.63, 3.8) is 0 Å². The molecule has 0 atom stereocenters. The smallest absolute Gasteiger partial charge is 0.242 e. The molecule has 1 saturated carbocycles. The zero-order valence-electron chi connectivity index (χ0n) is 13.3. The van der Waals surface area contributed by atoms with Gasteiger partial charge in [0.05, 0.1) is 17.4 Å². The summed E-state index contributed by atoms with van der Waals surface area (Å²) >= 11 is 0. The van der Waals surface area contributed by atoms with Gasteiger partial charge in [-0.2, -0.15) is 0 Å². The van der Waals surface area contributed by atoms with E-state index in [-0.39, 0.29) is 12.5 Å². The third kappa shape index (κ3) is 3.21. The Hall–Kier alpha value is -1.98. The third-order valence-corrected chi connectivity index (χ3v) is 4.65. The maximum absolute atomic E-state index is 13.4. The van der Waals surface area contributed by atoms with Crippen molar-refractivity contribution in [2.24, 2.45) is 0 Å². The second kappa shape index (κ2) is 6.64. The molecule has 0 unspecified atom stereocenters. The Morgan fingerprint density at radius 1 is 1.26 bits per heavy atom. The molecular weight excluding hydrogens is 300 g/mol. The molecule has 0 aliphatic heterocycles. The van der Waals surface area contributed by atoms with E-state index in [2.05, 4.69) is 4.98 Å². The lowest BCUT2D eigenvalue weighted by molar-refractivity contribution is -0.134. The van der Waals surface area contributed by atoms with Crippen LogP contribution in [0.2, 0.25) is 0 Å². The number of imidazole rings is 1. The number of fused-ring (bicyclic) bond motifs is 1. The summed E-state index contributed by atoms with van der Waals surface area (Å²) in [5.41, 5.74) is 0.800. The summed E-state index contributed by atoms with van der Waals surface area (Å²) in [5, 5.41) is 0. The molecule has 2 aromatic rings. The lowest BCUT2D eigenvalue weighted by Gasteiger charge is -2.33. The predicted molar refractivity (Wildman–Crippen MR) is 83.9 cm³/mol. The van der Waals surface area contributed by atoms with Gasteiger partial charge >= 0.3 is 0 Å². The minimum absolute atomic E-state index is 0.00318. The van der Waals surface area contributed by atoms with E-state index in [4.69, 9.17) is 0 Å². The highest BCUT2D eigenvalue weighted by Gasteiger charge is 2.24. The van der Waals surface area contributed by atoms with Gasteiger partial charge in [-0.25, -0.2) is 13.8 Å². The number of aromatic nitrogens is 2. The standard InChI is InChI=1S/C17H21F2N3O/c1-2-22(12-6-4-3-5-7-12)17(23)10-21-11-20-15-8-13(18)14(19)9-16(15)21/h8-9,11-12H,2-7,10H2,1H3. The van der Waals surface area contributed by atoms with Crippen LogP contribution < -0.4 is 0 Å². The summed E-state index contributed by atoms with van der Waals surface area (Å²) < 4.78 is 28.3. The van der Waals surface area contributed by atoms with Crippen molar-refractivity contribution in [3.8, 4) is 0 Å². The Balaban J connectivity index is 1.80. The molecule has 1 amide bonds. The van der Waals surface area contributed by atoms with Crippen LogP contribution in [0, 0.1) is 11.6 Å². The van der Waals surface area contributed by atoms with E-state index in [0.717, 1.165) is 37.8 Å². The average Bonchev–Trinajstić information content (AvgIpc) is 2.91. The van der Waals surface area contributed by atoms with E-state index in [9.17, 15) is 13.6 Å². The van der Waals surface area contributed by atoms with E-state index in [1.54, 1.807) is 4.57 Å². The largest absolute Gasteiger partial charge is 0.338 e. The van der Waals surface area contributed by atoms with Crippen molar-refractivity contribution in [3.05, 3.63) is 30.1 Å². The first-order valence-electron chi connectivity index (χ1n) is 8.19. The molecule has 23 heavy (non-hydrogen) atoms. The number of hydrogen-bond donors (Lipinski definition) is 0. The molecular formula is C17H21F2N3O. The Bertz CT molecular complexity index is 707. The van der Waals surface area contributed by atoms with Gasteiger partial charge < -0.3 is 9.47 Å². The average molecular weight is 321 g/mol. The van der Waals surface area contributed by atoms with Gasteiger partial charge in [-0.1, -0.05) is 19.3 Å². The lowest BCUT2D eigenvalue weighted by Crippen LogP contribution is -2.42. The summed E-state index contributed by atoms with van der Waals surface area (Å²) in [6, 6.07) is 2.46. The number of carbonyl (C=O) groups is 1. The van der Waals surface area contributed by atoms with E-state index in [1.807, 2.05) is 11.8 Å². The van der Waals surface area contributed by atoms with Gasteiger partial charge in [-0.05, 0) is 19.8 Å². The molecule has 1 fully saturated rings. The number of benzene rings is 1. The van der Waals surface area contributed by atoms with Gasteiger partial charge in [0.2, 0.25) is 5.91 Å². The third-order valence-electron chi connectivity index (χ3n) is 4.65. The molecule has 0 radical (unpaired) electrons. The summed E-state index contributed by atoms with van der Waals surface area (Å²) in [6.07, 6.45) is 7.11. The number of amides is 1. The van der Waals surface area contributed by atoms with Crippen molar-refractivity contribution in [2.45, 2.75) is 51.6 Å². The second-order valence-electron chi connectivity index (χ2n) is 6.10. The Labute approximate surface area is 134 Å². The topological polar surface area (TPSA) is 38.1 Å². The number of rotatable bonds is 4. The Kier molecular flexibility index (Phi) is 4.59. The Morgan fingerprint density at radius 2 is 1.96 bits per heavy atom.